The van der Waals surface area contributed by atoms with Crippen molar-refractivity contribution in [3.8, 4) is 0 Å². The van der Waals surface area contributed by atoms with Crippen LogP contribution in [0.4, 0.5) is 0 Å². The zero-order chi connectivity index (χ0) is 13.8. The number of hydrogen-bond acceptors (Lipinski definition) is 2. The fraction of sp³-hybridized carbons (Fsp3) is 0.250. The summed E-state index contributed by atoms with van der Waals surface area (Å²) in [6, 6.07) is 14.8. The second-order valence-electron chi connectivity index (χ2n) is 4.86. The molecule has 19 heavy (non-hydrogen) atoms. The van der Waals surface area contributed by atoms with Crippen molar-refractivity contribution in [1.29, 1.82) is 0 Å². The molecule has 0 aromatic heterocycles. The molecule has 1 atom stereocenters. The van der Waals surface area contributed by atoms with Crippen LogP contribution >= 0.6 is 23.4 Å². The first-order valence-electron chi connectivity index (χ1n) is 6.33. The molecule has 0 fully saturated rings. The quantitative estimate of drug-likeness (QED) is 0.884. The van der Waals surface area contributed by atoms with Gasteiger partial charge in [0.2, 0.25) is 0 Å². The van der Waals surface area contributed by atoms with E-state index in [9.17, 15) is 0 Å². The average Bonchev–Trinajstić information content (AvgIpc) is 2.32. The van der Waals surface area contributed by atoms with Crippen LogP contribution in [0.2, 0.25) is 5.02 Å². The Morgan fingerprint density at radius 3 is 2.63 bits per heavy atom. The van der Waals surface area contributed by atoms with E-state index in [2.05, 4.69) is 43.3 Å². The second-order valence-corrected chi connectivity index (χ2v) is 6.39. The molecule has 1 nitrogen and oxygen atoms in total. The van der Waals surface area contributed by atoms with Crippen molar-refractivity contribution in [2.24, 2.45) is 5.73 Å². The minimum absolute atomic E-state index is 0.159. The molecule has 0 radical (unpaired) electrons. The Labute approximate surface area is 124 Å². The molecule has 2 rings (SSSR count). The van der Waals surface area contributed by atoms with Gasteiger partial charge in [0.15, 0.2) is 0 Å². The number of aryl methyl sites for hydroxylation is 1. The summed E-state index contributed by atoms with van der Waals surface area (Å²) in [5.41, 5.74) is 8.25. The molecule has 2 N–H and O–H groups in total. The molecule has 0 saturated heterocycles. The number of benzene rings is 2. The highest BCUT2D eigenvalue weighted by molar-refractivity contribution is 7.99. The van der Waals surface area contributed by atoms with Crippen molar-refractivity contribution in [3.63, 3.8) is 0 Å². The fourth-order valence-corrected chi connectivity index (χ4v) is 3.19. The van der Waals surface area contributed by atoms with Crippen molar-refractivity contribution in [2.45, 2.75) is 36.1 Å². The summed E-state index contributed by atoms with van der Waals surface area (Å²) in [5.74, 6) is 0. The molecule has 2 aromatic carbocycles. The van der Waals surface area contributed by atoms with E-state index >= 15 is 0 Å². The topological polar surface area (TPSA) is 26.0 Å². The van der Waals surface area contributed by atoms with Crippen molar-refractivity contribution in [1.82, 2.24) is 0 Å². The number of halogens is 1. The number of rotatable bonds is 4. The summed E-state index contributed by atoms with van der Waals surface area (Å²) in [6.45, 7) is 4.10. The monoisotopic (exact) mass is 291 g/mol. The number of nitrogens with two attached hydrogens (primary N) is 1. The third kappa shape index (κ3) is 4.27. The van der Waals surface area contributed by atoms with Gasteiger partial charge in [-0.1, -0.05) is 47.1 Å². The van der Waals surface area contributed by atoms with Crippen LogP contribution in [0.5, 0.6) is 0 Å². The Kier molecular flexibility index (Phi) is 4.92. The van der Waals surface area contributed by atoms with Crippen molar-refractivity contribution in [2.75, 3.05) is 0 Å². The first-order valence-corrected chi connectivity index (χ1v) is 7.52. The average molecular weight is 292 g/mol. The zero-order valence-corrected chi connectivity index (χ0v) is 12.8. The van der Waals surface area contributed by atoms with Crippen LogP contribution in [0.25, 0.3) is 0 Å². The maximum absolute atomic E-state index is 6.34. The molecular weight excluding hydrogens is 274 g/mol. The maximum Gasteiger partial charge on any atom is 0.0548 e. The number of hydrogen-bond donors (Lipinski definition) is 1. The Balaban J connectivity index is 2.17. The predicted molar refractivity (Wildman–Crippen MR) is 84.1 cm³/mol. The highest BCUT2D eigenvalue weighted by Crippen LogP contribution is 2.34. The Morgan fingerprint density at radius 2 is 2.00 bits per heavy atom. The van der Waals surface area contributed by atoms with E-state index in [-0.39, 0.29) is 6.04 Å². The molecule has 0 saturated carbocycles. The van der Waals surface area contributed by atoms with Crippen molar-refractivity contribution in [3.05, 3.63) is 58.6 Å². The maximum atomic E-state index is 6.34. The lowest BCUT2D eigenvalue weighted by atomic mass is 10.1. The van der Waals surface area contributed by atoms with Gasteiger partial charge in [-0.05, 0) is 50.1 Å². The van der Waals surface area contributed by atoms with E-state index in [4.69, 9.17) is 17.3 Å². The lowest BCUT2D eigenvalue weighted by Crippen LogP contribution is -2.17. The SMILES string of the molecule is Cc1cccc(Sc2ccc(CC(C)N)cc2Cl)c1. The third-order valence-electron chi connectivity index (χ3n) is 2.77. The minimum Gasteiger partial charge on any atom is -0.328 e. The van der Waals surface area contributed by atoms with Crippen LogP contribution in [0.1, 0.15) is 18.1 Å². The standard InChI is InChI=1S/C16H18ClNS/c1-11-4-3-5-14(8-11)19-16-7-6-13(9-12(2)18)10-15(16)17/h3-8,10,12H,9,18H2,1-2H3. The molecule has 0 spiro atoms. The van der Waals surface area contributed by atoms with E-state index in [1.807, 2.05) is 13.0 Å². The van der Waals surface area contributed by atoms with Crippen LogP contribution in [0.15, 0.2) is 52.3 Å². The second kappa shape index (κ2) is 6.47. The van der Waals surface area contributed by atoms with E-state index in [0.29, 0.717) is 0 Å². The van der Waals surface area contributed by atoms with Gasteiger partial charge in [0.05, 0.1) is 5.02 Å². The van der Waals surface area contributed by atoms with Gasteiger partial charge in [-0.3, -0.25) is 0 Å². The first kappa shape index (κ1) is 14.4. The molecule has 100 valence electrons. The van der Waals surface area contributed by atoms with Crippen LogP contribution in [-0.2, 0) is 6.42 Å². The molecule has 0 aliphatic heterocycles. The van der Waals surface area contributed by atoms with Gasteiger partial charge >= 0.3 is 0 Å². The summed E-state index contributed by atoms with van der Waals surface area (Å²) in [5, 5.41) is 0.796. The van der Waals surface area contributed by atoms with Gasteiger partial charge in [-0.15, -0.1) is 0 Å². The molecule has 2 aromatic rings. The highest BCUT2D eigenvalue weighted by atomic mass is 35.5. The normalized spacial score (nSPS) is 12.4. The minimum atomic E-state index is 0.159. The van der Waals surface area contributed by atoms with E-state index in [1.54, 1.807) is 11.8 Å². The summed E-state index contributed by atoms with van der Waals surface area (Å²) >= 11 is 8.03. The van der Waals surface area contributed by atoms with Crippen molar-refractivity contribution >= 4 is 23.4 Å². The lowest BCUT2D eigenvalue weighted by Gasteiger charge is -2.09. The fourth-order valence-electron chi connectivity index (χ4n) is 1.93. The molecule has 0 amide bonds. The van der Waals surface area contributed by atoms with Crippen LogP contribution < -0.4 is 5.73 Å². The Hall–Kier alpha value is -0.960. The Morgan fingerprint density at radius 1 is 1.21 bits per heavy atom. The molecule has 0 heterocycles. The van der Waals surface area contributed by atoms with E-state index in [0.717, 1.165) is 16.3 Å². The summed E-state index contributed by atoms with van der Waals surface area (Å²) in [7, 11) is 0. The van der Waals surface area contributed by atoms with Crippen LogP contribution in [-0.4, -0.2) is 6.04 Å². The van der Waals surface area contributed by atoms with E-state index < -0.39 is 0 Å². The Bertz CT molecular complexity index is 566. The van der Waals surface area contributed by atoms with Crippen LogP contribution in [0, 0.1) is 6.92 Å². The van der Waals surface area contributed by atoms with Gasteiger partial charge in [0.25, 0.3) is 0 Å². The zero-order valence-electron chi connectivity index (χ0n) is 11.2. The van der Waals surface area contributed by atoms with Gasteiger partial charge in [0.1, 0.15) is 0 Å². The molecule has 1 unspecified atom stereocenters. The summed E-state index contributed by atoms with van der Waals surface area (Å²) in [6.07, 6.45) is 0.856. The van der Waals surface area contributed by atoms with Crippen LogP contribution in [0.3, 0.4) is 0 Å². The molecular formula is C16H18ClNS. The smallest absolute Gasteiger partial charge is 0.0548 e. The lowest BCUT2D eigenvalue weighted by molar-refractivity contribution is 0.738. The largest absolute Gasteiger partial charge is 0.328 e. The van der Waals surface area contributed by atoms with Gasteiger partial charge < -0.3 is 5.73 Å². The highest BCUT2D eigenvalue weighted by Gasteiger charge is 2.06. The molecule has 3 heteroatoms. The van der Waals surface area contributed by atoms with Gasteiger partial charge in [0, 0.05) is 15.8 Å². The van der Waals surface area contributed by atoms with Crippen molar-refractivity contribution < 1.29 is 0 Å². The summed E-state index contributed by atoms with van der Waals surface area (Å²) < 4.78 is 0. The molecule has 0 bridgehead atoms. The summed E-state index contributed by atoms with van der Waals surface area (Å²) in [4.78, 5) is 2.29. The molecule has 0 aliphatic carbocycles. The van der Waals surface area contributed by atoms with Gasteiger partial charge in [-0.25, -0.2) is 0 Å². The first-order chi connectivity index (χ1) is 9.04. The predicted octanol–water partition coefficient (Wildman–Crippen LogP) is 4.69. The third-order valence-corrected chi connectivity index (χ3v) is 4.26. The van der Waals surface area contributed by atoms with Gasteiger partial charge in [-0.2, -0.15) is 0 Å². The van der Waals surface area contributed by atoms with E-state index in [1.165, 1.54) is 16.0 Å². The molecule has 0 aliphatic rings.